The Kier molecular flexibility index (Phi) is 6.53. The van der Waals surface area contributed by atoms with E-state index < -0.39 is 19.9 Å². The fourth-order valence-corrected chi connectivity index (χ4v) is 3.83. The summed E-state index contributed by atoms with van der Waals surface area (Å²) in [6, 6.07) is 5.05. The molecule has 0 radical (unpaired) electrons. The minimum Gasteiger partial charge on any atom is -0.413 e. The zero-order valence-corrected chi connectivity index (χ0v) is 16.7. The lowest BCUT2D eigenvalue weighted by molar-refractivity contribution is 0.392. The molecule has 0 unspecified atom stereocenters. The van der Waals surface area contributed by atoms with Gasteiger partial charge in [-0.1, -0.05) is 17.6 Å². The van der Waals surface area contributed by atoms with Crippen LogP contribution >= 0.6 is 0 Å². The molecule has 1 aromatic heterocycles. The number of sulfone groups is 1. The summed E-state index contributed by atoms with van der Waals surface area (Å²) in [7, 11) is -7.00. The van der Waals surface area contributed by atoms with Crippen molar-refractivity contribution in [3.8, 4) is 0 Å². The zero-order chi connectivity index (χ0) is 19.4. The van der Waals surface area contributed by atoms with Crippen molar-refractivity contribution < 1.29 is 21.3 Å². The van der Waals surface area contributed by atoms with Crippen molar-refractivity contribution in [3.63, 3.8) is 0 Å². The Morgan fingerprint density at radius 3 is 2.35 bits per heavy atom. The molecule has 10 heteroatoms. The molecule has 0 bridgehead atoms. The van der Waals surface area contributed by atoms with Crippen molar-refractivity contribution in [2.45, 2.75) is 49.6 Å². The van der Waals surface area contributed by atoms with Crippen LogP contribution in [0.15, 0.2) is 32.7 Å². The Morgan fingerprint density at radius 2 is 1.73 bits per heavy atom. The topological polar surface area (TPSA) is 119 Å². The quantitative estimate of drug-likeness (QED) is 0.636. The third kappa shape index (κ3) is 5.61. The summed E-state index contributed by atoms with van der Waals surface area (Å²) in [4.78, 5) is 0.264. The Hall–Kier alpha value is -1.78. The first-order valence-corrected chi connectivity index (χ1v) is 11.6. The molecule has 0 fully saturated rings. The highest BCUT2D eigenvalue weighted by atomic mass is 32.2. The average Bonchev–Trinajstić information content (AvgIpc) is 3.02. The highest BCUT2D eigenvalue weighted by Gasteiger charge is 2.16. The van der Waals surface area contributed by atoms with E-state index in [2.05, 4.69) is 14.9 Å². The Bertz CT molecular complexity index is 966. The fourth-order valence-electron chi connectivity index (χ4n) is 2.24. The molecule has 0 saturated heterocycles. The third-order valence-electron chi connectivity index (χ3n) is 3.91. The van der Waals surface area contributed by atoms with Crippen LogP contribution in [0, 0.1) is 13.8 Å². The molecule has 144 valence electrons. The SMILES string of the molecule is Cc1ccc(S(=O)(=O)NCCCCCc2nnc(S(C)(=O)=O)o2)cc1C. The number of rotatable bonds is 9. The van der Waals surface area contributed by atoms with Crippen LogP contribution in [0.3, 0.4) is 0 Å². The molecule has 0 saturated carbocycles. The largest absolute Gasteiger partial charge is 0.413 e. The van der Waals surface area contributed by atoms with E-state index in [1.807, 2.05) is 13.8 Å². The van der Waals surface area contributed by atoms with Gasteiger partial charge in [-0.15, -0.1) is 5.10 Å². The van der Waals surface area contributed by atoms with Crippen molar-refractivity contribution in [2.24, 2.45) is 0 Å². The van der Waals surface area contributed by atoms with Crippen LogP contribution in [0.4, 0.5) is 0 Å². The van der Waals surface area contributed by atoms with Gasteiger partial charge in [-0.25, -0.2) is 21.6 Å². The molecule has 0 amide bonds. The number of aryl methyl sites for hydroxylation is 3. The van der Waals surface area contributed by atoms with Gasteiger partial charge in [-0.2, -0.15) is 0 Å². The first-order chi connectivity index (χ1) is 12.1. The van der Waals surface area contributed by atoms with Crippen LogP contribution in [0.5, 0.6) is 0 Å². The molecule has 1 N–H and O–H groups in total. The number of hydrogen-bond donors (Lipinski definition) is 1. The van der Waals surface area contributed by atoms with Gasteiger partial charge in [0, 0.05) is 19.2 Å². The molecule has 1 heterocycles. The molecule has 0 spiro atoms. The molecule has 0 aliphatic heterocycles. The van der Waals surface area contributed by atoms with Crippen molar-refractivity contribution in [1.82, 2.24) is 14.9 Å². The van der Waals surface area contributed by atoms with Crippen LogP contribution < -0.4 is 4.72 Å². The number of nitrogens with zero attached hydrogens (tertiary/aromatic N) is 2. The van der Waals surface area contributed by atoms with Crippen LogP contribution in [-0.4, -0.2) is 39.8 Å². The van der Waals surface area contributed by atoms with Crippen LogP contribution in [0.25, 0.3) is 0 Å². The Morgan fingerprint density at radius 1 is 1.00 bits per heavy atom. The van der Waals surface area contributed by atoms with Gasteiger partial charge >= 0.3 is 5.22 Å². The lowest BCUT2D eigenvalue weighted by Gasteiger charge is -2.08. The van der Waals surface area contributed by atoms with Gasteiger partial charge in [0.2, 0.25) is 25.8 Å². The van der Waals surface area contributed by atoms with E-state index in [9.17, 15) is 16.8 Å². The number of hydrogen-bond acceptors (Lipinski definition) is 7. The van der Waals surface area contributed by atoms with Gasteiger partial charge in [0.25, 0.3) is 0 Å². The standard InChI is InChI=1S/C16H23N3O5S2/c1-12-8-9-14(11-13(12)2)26(22,23)17-10-6-4-5-7-15-18-19-16(24-15)25(3,20)21/h8-9,11,17H,4-7,10H2,1-3H3. The van der Waals surface area contributed by atoms with Crippen molar-refractivity contribution >= 4 is 19.9 Å². The lowest BCUT2D eigenvalue weighted by Crippen LogP contribution is -2.24. The number of unbranched alkanes of at least 4 members (excludes halogenated alkanes) is 2. The second-order valence-corrected chi connectivity index (χ2v) is 9.85. The highest BCUT2D eigenvalue weighted by Crippen LogP contribution is 2.15. The number of nitrogens with one attached hydrogen (secondary N) is 1. The van der Waals surface area contributed by atoms with Gasteiger partial charge in [0.1, 0.15) is 0 Å². The van der Waals surface area contributed by atoms with Crippen molar-refractivity contribution in [2.75, 3.05) is 12.8 Å². The second-order valence-electron chi connectivity index (χ2n) is 6.19. The summed E-state index contributed by atoms with van der Waals surface area (Å²) in [6.07, 6.45) is 3.54. The molecule has 0 atom stereocenters. The minimum atomic E-state index is -3.51. The predicted molar refractivity (Wildman–Crippen MR) is 96.1 cm³/mol. The molecule has 0 aliphatic rings. The van der Waals surface area contributed by atoms with Crippen molar-refractivity contribution in [3.05, 3.63) is 35.2 Å². The van der Waals surface area contributed by atoms with Gasteiger partial charge in [0.15, 0.2) is 0 Å². The summed E-state index contributed by atoms with van der Waals surface area (Å²) >= 11 is 0. The maximum absolute atomic E-state index is 12.2. The summed E-state index contributed by atoms with van der Waals surface area (Å²) in [6.45, 7) is 4.14. The van der Waals surface area contributed by atoms with E-state index in [-0.39, 0.29) is 16.0 Å². The maximum Gasteiger partial charge on any atom is 0.335 e. The number of benzene rings is 1. The van der Waals surface area contributed by atoms with E-state index in [0.717, 1.165) is 23.8 Å². The van der Waals surface area contributed by atoms with Gasteiger partial charge in [-0.05, 0) is 49.9 Å². The Labute approximate surface area is 154 Å². The van der Waals surface area contributed by atoms with Crippen molar-refractivity contribution in [1.29, 1.82) is 0 Å². The normalized spacial score (nSPS) is 12.4. The summed E-state index contributed by atoms with van der Waals surface area (Å²) in [5.74, 6) is 0.265. The maximum atomic E-state index is 12.2. The molecule has 26 heavy (non-hydrogen) atoms. The zero-order valence-electron chi connectivity index (χ0n) is 15.0. The molecule has 2 aromatic rings. The van der Waals surface area contributed by atoms with Crippen LogP contribution in [-0.2, 0) is 26.3 Å². The molecule has 1 aromatic carbocycles. The summed E-state index contributed by atoms with van der Waals surface area (Å²) in [5, 5.41) is 6.79. The van der Waals surface area contributed by atoms with Gasteiger partial charge < -0.3 is 4.42 Å². The Balaban J connectivity index is 1.75. The highest BCUT2D eigenvalue weighted by molar-refractivity contribution is 7.90. The van der Waals surface area contributed by atoms with Crippen LogP contribution in [0.2, 0.25) is 0 Å². The van der Waals surface area contributed by atoms with Gasteiger partial charge in [-0.3, -0.25) is 0 Å². The molecule has 8 nitrogen and oxygen atoms in total. The molecular weight excluding hydrogens is 378 g/mol. The molecular formula is C16H23N3O5S2. The molecule has 0 aliphatic carbocycles. The van der Waals surface area contributed by atoms with Crippen LogP contribution in [0.1, 0.15) is 36.3 Å². The first kappa shape index (κ1) is 20.5. The second kappa shape index (κ2) is 8.28. The fraction of sp³-hybridized carbons (Fsp3) is 0.500. The van der Waals surface area contributed by atoms with E-state index in [1.54, 1.807) is 18.2 Å². The third-order valence-corrected chi connectivity index (χ3v) is 6.17. The van der Waals surface area contributed by atoms with E-state index >= 15 is 0 Å². The minimum absolute atomic E-state index is 0.264. The predicted octanol–water partition coefficient (Wildman–Crippen LogP) is 1.78. The lowest BCUT2D eigenvalue weighted by atomic mass is 10.1. The summed E-state index contributed by atoms with van der Waals surface area (Å²) in [5.41, 5.74) is 1.98. The molecule has 2 rings (SSSR count). The van der Waals surface area contributed by atoms with E-state index in [0.29, 0.717) is 25.8 Å². The average molecular weight is 402 g/mol. The summed E-state index contributed by atoms with van der Waals surface area (Å²) < 4.78 is 54.6. The smallest absolute Gasteiger partial charge is 0.335 e. The first-order valence-electron chi connectivity index (χ1n) is 8.19. The number of sulfonamides is 1. The van der Waals surface area contributed by atoms with E-state index in [1.165, 1.54) is 0 Å². The van der Waals surface area contributed by atoms with E-state index in [4.69, 9.17) is 4.42 Å². The van der Waals surface area contributed by atoms with Gasteiger partial charge in [0.05, 0.1) is 4.90 Å². The number of aromatic nitrogens is 2. The monoisotopic (exact) mass is 401 g/mol.